The average Bonchev–Trinajstić information content (AvgIpc) is 2.43. The van der Waals surface area contributed by atoms with E-state index in [1.165, 1.54) is 0 Å². The molecule has 1 saturated heterocycles. The van der Waals surface area contributed by atoms with E-state index >= 15 is 0 Å². The van der Waals surface area contributed by atoms with Gasteiger partial charge in [0.2, 0.25) is 11.8 Å². The second-order valence-corrected chi connectivity index (χ2v) is 7.79. The molecule has 0 aromatic rings. The molecule has 0 radical (unpaired) electrons. The number of likely N-dealkylation sites (tertiary alicyclic amines) is 1. The standard InChI is InChI=1S/C17H32N2O3/c1-7-14(20)12-8-13(18-16(22)17(4,5)6)10-19(9-12)15(21)11(2)3/h11-14,20H,7-10H2,1-6H3,(H,18,22). The Morgan fingerprint density at radius 3 is 2.32 bits per heavy atom. The molecular weight excluding hydrogens is 280 g/mol. The summed E-state index contributed by atoms with van der Waals surface area (Å²) in [4.78, 5) is 26.3. The zero-order valence-corrected chi connectivity index (χ0v) is 14.8. The molecule has 5 nitrogen and oxygen atoms in total. The quantitative estimate of drug-likeness (QED) is 0.831. The van der Waals surface area contributed by atoms with Gasteiger partial charge in [0.25, 0.3) is 0 Å². The Kier molecular flexibility index (Phi) is 6.41. The number of piperidine rings is 1. The Labute approximate surface area is 134 Å². The van der Waals surface area contributed by atoms with Crippen molar-refractivity contribution in [1.29, 1.82) is 0 Å². The van der Waals surface area contributed by atoms with E-state index in [0.29, 0.717) is 19.5 Å². The minimum Gasteiger partial charge on any atom is -0.393 e. The number of hydrogen-bond acceptors (Lipinski definition) is 3. The van der Waals surface area contributed by atoms with Crippen LogP contribution in [0.3, 0.4) is 0 Å². The van der Waals surface area contributed by atoms with Crippen LogP contribution in [-0.2, 0) is 9.59 Å². The Bertz CT molecular complexity index is 401. The van der Waals surface area contributed by atoms with Gasteiger partial charge in [-0.15, -0.1) is 0 Å². The van der Waals surface area contributed by atoms with Crippen LogP contribution in [0.5, 0.6) is 0 Å². The molecule has 3 unspecified atom stereocenters. The molecule has 1 heterocycles. The topological polar surface area (TPSA) is 69.6 Å². The zero-order valence-electron chi connectivity index (χ0n) is 14.8. The van der Waals surface area contributed by atoms with Crippen LogP contribution in [0.4, 0.5) is 0 Å². The molecule has 0 saturated carbocycles. The Balaban J connectivity index is 2.83. The van der Waals surface area contributed by atoms with Crippen molar-refractivity contribution in [3.63, 3.8) is 0 Å². The number of carbonyl (C=O) groups excluding carboxylic acids is 2. The van der Waals surface area contributed by atoms with Gasteiger partial charge in [-0.2, -0.15) is 0 Å². The molecule has 1 aliphatic heterocycles. The van der Waals surface area contributed by atoms with Gasteiger partial charge in [-0.05, 0) is 12.8 Å². The summed E-state index contributed by atoms with van der Waals surface area (Å²) in [5, 5.41) is 13.2. The number of carbonyl (C=O) groups is 2. The number of nitrogens with one attached hydrogen (secondary N) is 1. The first-order valence-electron chi connectivity index (χ1n) is 8.34. The first kappa shape index (κ1) is 18.9. The predicted octanol–water partition coefficient (Wildman–Crippen LogP) is 1.79. The maximum atomic E-state index is 12.3. The second-order valence-electron chi connectivity index (χ2n) is 7.79. The van der Waals surface area contributed by atoms with Crippen LogP contribution in [-0.4, -0.2) is 47.1 Å². The first-order chi connectivity index (χ1) is 10.1. The summed E-state index contributed by atoms with van der Waals surface area (Å²) in [5.74, 6) is 0.0206. The number of nitrogens with zero attached hydrogens (tertiary/aromatic N) is 1. The van der Waals surface area contributed by atoms with Crippen molar-refractivity contribution in [3.8, 4) is 0 Å². The van der Waals surface area contributed by atoms with Crippen molar-refractivity contribution in [2.75, 3.05) is 13.1 Å². The minimum absolute atomic E-state index is 0.0129. The second kappa shape index (κ2) is 7.44. The number of rotatable bonds is 4. The van der Waals surface area contributed by atoms with E-state index in [2.05, 4.69) is 5.32 Å². The Morgan fingerprint density at radius 2 is 1.86 bits per heavy atom. The fraction of sp³-hybridized carbons (Fsp3) is 0.882. The average molecular weight is 312 g/mol. The monoisotopic (exact) mass is 312 g/mol. The highest BCUT2D eigenvalue weighted by Crippen LogP contribution is 2.24. The first-order valence-corrected chi connectivity index (χ1v) is 8.34. The van der Waals surface area contributed by atoms with Crippen molar-refractivity contribution in [2.45, 2.75) is 66.5 Å². The van der Waals surface area contributed by atoms with Gasteiger partial charge in [0.05, 0.1) is 6.10 Å². The maximum Gasteiger partial charge on any atom is 0.225 e. The third kappa shape index (κ3) is 4.97. The lowest BCUT2D eigenvalue weighted by atomic mass is 9.87. The van der Waals surface area contributed by atoms with E-state index in [1.807, 2.05) is 41.5 Å². The molecule has 0 spiro atoms. The summed E-state index contributed by atoms with van der Waals surface area (Å²) >= 11 is 0. The lowest BCUT2D eigenvalue weighted by Gasteiger charge is -2.41. The molecule has 128 valence electrons. The van der Waals surface area contributed by atoms with Crippen LogP contribution < -0.4 is 5.32 Å². The van der Waals surface area contributed by atoms with Gasteiger partial charge in [-0.1, -0.05) is 41.5 Å². The van der Waals surface area contributed by atoms with Gasteiger partial charge in [0, 0.05) is 36.4 Å². The smallest absolute Gasteiger partial charge is 0.225 e. The molecular formula is C17H32N2O3. The number of hydrogen-bond donors (Lipinski definition) is 2. The van der Waals surface area contributed by atoms with Crippen LogP contribution in [0, 0.1) is 17.3 Å². The summed E-state index contributed by atoms with van der Waals surface area (Å²) in [7, 11) is 0. The third-order valence-electron chi connectivity index (χ3n) is 4.27. The van der Waals surface area contributed by atoms with E-state index in [9.17, 15) is 14.7 Å². The van der Waals surface area contributed by atoms with Crippen LogP contribution in [0.2, 0.25) is 0 Å². The van der Waals surface area contributed by atoms with E-state index in [0.717, 1.165) is 6.42 Å². The van der Waals surface area contributed by atoms with Crippen molar-refractivity contribution in [1.82, 2.24) is 10.2 Å². The van der Waals surface area contributed by atoms with Gasteiger partial charge in [0.15, 0.2) is 0 Å². The van der Waals surface area contributed by atoms with Crippen LogP contribution in [0.25, 0.3) is 0 Å². The Morgan fingerprint density at radius 1 is 1.27 bits per heavy atom. The third-order valence-corrected chi connectivity index (χ3v) is 4.27. The van der Waals surface area contributed by atoms with Crippen molar-refractivity contribution >= 4 is 11.8 Å². The summed E-state index contributed by atoms with van der Waals surface area (Å²) in [6.45, 7) is 12.4. The maximum absolute atomic E-state index is 12.3. The fourth-order valence-corrected chi connectivity index (χ4v) is 2.80. The molecule has 0 bridgehead atoms. The van der Waals surface area contributed by atoms with Gasteiger partial charge >= 0.3 is 0 Å². The molecule has 0 aromatic carbocycles. The number of aliphatic hydroxyl groups is 1. The van der Waals surface area contributed by atoms with Crippen molar-refractivity contribution in [3.05, 3.63) is 0 Å². The molecule has 0 aromatic heterocycles. The van der Waals surface area contributed by atoms with E-state index in [4.69, 9.17) is 0 Å². The van der Waals surface area contributed by atoms with E-state index < -0.39 is 11.5 Å². The van der Waals surface area contributed by atoms with Crippen molar-refractivity contribution in [2.24, 2.45) is 17.3 Å². The highest BCUT2D eigenvalue weighted by atomic mass is 16.3. The highest BCUT2D eigenvalue weighted by Gasteiger charge is 2.35. The van der Waals surface area contributed by atoms with Gasteiger partial charge in [-0.3, -0.25) is 9.59 Å². The predicted molar refractivity (Wildman–Crippen MR) is 87.2 cm³/mol. The molecule has 3 atom stereocenters. The molecule has 1 fully saturated rings. The number of amides is 2. The lowest BCUT2D eigenvalue weighted by Crippen LogP contribution is -2.56. The summed E-state index contributed by atoms with van der Waals surface area (Å²) < 4.78 is 0. The summed E-state index contributed by atoms with van der Waals surface area (Å²) in [6, 6.07) is -0.0885. The highest BCUT2D eigenvalue weighted by molar-refractivity contribution is 5.82. The van der Waals surface area contributed by atoms with Crippen LogP contribution in [0.1, 0.15) is 54.4 Å². The summed E-state index contributed by atoms with van der Waals surface area (Å²) in [5.41, 5.74) is -0.455. The molecule has 5 heteroatoms. The van der Waals surface area contributed by atoms with Crippen LogP contribution >= 0.6 is 0 Å². The molecule has 2 N–H and O–H groups in total. The molecule has 1 aliphatic rings. The zero-order chi connectivity index (χ0) is 17.1. The largest absolute Gasteiger partial charge is 0.393 e. The number of aliphatic hydroxyl groups excluding tert-OH is 1. The van der Waals surface area contributed by atoms with Crippen molar-refractivity contribution < 1.29 is 14.7 Å². The van der Waals surface area contributed by atoms with Gasteiger partial charge in [0.1, 0.15) is 0 Å². The summed E-state index contributed by atoms with van der Waals surface area (Å²) in [6.07, 6.45) is 0.948. The molecule has 2 amide bonds. The Hall–Kier alpha value is -1.10. The molecule has 22 heavy (non-hydrogen) atoms. The normalized spacial score (nSPS) is 24.3. The van der Waals surface area contributed by atoms with E-state index in [-0.39, 0.29) is 29.7 Å². The van der Waals surface area contributed by atoms with Gasteiger partial charge < -0.3 is 15.3 Å². The minimum atomic E-state index is -0.455. The van der Waals surface area contributed by atoms with Gasteiger partial charge in [-0.25, -0.2) is 0 Å². The lowest BCUT2D eigenvalue weighted by molar-refractivity contribution is -0.139. The van der Waals surface area contributed by atoms with E-state index in [1.54, 1.807) is 4.90 Å². The molecule has 1 rings (SSSR count). The van der Waals surface area contributed by atoms with Crippen LogP contribution in [0.15, 0.2) is 0 Å². The SMILES string of the molecule is CCC(O)C1CC(NC(=O)C(C)(C)C)CN(C(=O)C(C)C)C1. The molecule has 0 aliphatic carbocycles. The fourth-order valence-electron chi connectivity index (χ4n) is 2.80.